The Morgan fingerprint density at radius 2 is 2.24 bits per heavy atom. The van der Waals surface area contributed by atoms with E-state index in [0.29, 0.717) is 11.1 Å². The van der Waals surface area contributed by atoms with Crippen LogP contribution >= 0.6 is 0 Å². The van der Waals surface area contributed by atoms with Gasteiger partial charge in [0.1, 0.15) is 5.69 Å². The molecule has 2 aromatic heterocycles. The molecule has 0 aliphatic heterocycles. The van der Waals surface area contributed by atoms with Crippen LogP contribution in [0.1, 0.15) is 21.6 Å². The standard InChI is InChI=1S/C13H12F3N3O2/c1-7-5-18-10(14)4-8(7)6-19-3-2-9(21-13(15)16)11(19)12(17)20/h2-5,13H,6H2,1H3,(H2,17,20). The highest BCUT2D eigenvalue weighted by molar-refractivity contribution is 5.94. The van der Waals surface area contributed by atoms with E-state index in [9.17, 15) is 18.0 Å². The molecule has 0 saturated heterocycles. The first-order valence-corrected chi connectivity index (χ1v) is 5.93. The van der Waals surface area contributed by atoms with Crippen molar-refractivity contribution < 1.29 is 22.7 Å². The fourth-order valence-corrected chi connectivity index (χ4v) is 1.93. The lowest BCUT2D eigenvalue weighted by Gasteiger charge is -2.11. The number of amides is 1. The van der Waals surface area contributed by atoms with Gasteiger partial charge in [-0.2, -0.15) is 13.2 Å². The smallest absolute Gasteiger partial charge is 0.387 e. The number of rotatable bonds is 5. The van der Waals surface area contributed by atoms with Crippen LogP contribution in [0.15, 0.2) is 24.5 Å². The fraction of sp³-hybridized carbons (Fsp3) is 0.231. The second-order valence-corrected chi connectivity index (χ2v) is 4.33. The number of hydrogen-bond acceptors (Lipinski definition) is 3. The van der Waals surface area contributed by atoms with Gasteiger partial charge in [-0.15, -0.1) is 0 Å². The Morgan fingerprint density at radius 1 is 1.52 bits per heavy atom. The number of alkyl halides is 2. The Labute approximate surface area is 118 Å². The number of primary amides is 1. The predicted molar refractivity (Wildman–Crippen MR) is 67.6 cm³/mol. The van der Waals surface area contributed by atoms with Crippen LogP contribution in [-0.4, -0.2) is 22.1 Å². The number of ether oxygens (including phenoxy) is 1. The molecule has 0 aliphatic carbocycles. The molecule has 2 heterocycles. The minimum absolute atomic E-state index is 0.0795. The average molecular weight is 299 g/mol. The van der Waals surface area contributed by atoms with E-state index in [-0.39, 0.29) is 18.0 Å². The number of nitrogens with zero attached hydrogens (tertiary/aromatic N) is 2. The molecule has 8 heteroatoms. The summed E-state index contributed by atoms with van der Waals surface area (Å²) in [6.07, 6.45) is 2.71. The maximum atomic E-state index is 13.2. The van der Waals surface area contributed by atoms with Gasteiger partial charge in [-0.3, -0.25) is 4.79 Å². The lowest BCUT2D eigenvalue weighted by molar-refractivity contribution is -0.0501. The Morgan fingerprint density at radius 3 is 2.86 bits per heavy atom. The Kier molecular flexibility index (Phi) is 4.15. The number of carbonyl (C=O) groups is 1. The quantitative estimate of drug-likeness (QED) is 0.859. The number of pyridine rings is 1. The highest BCUT2D eigenvalue weighted by atomic mass is 19.3. The van der Waals surface area contributed by atoms with E-state index < -0.39 is 18.5 Å². The second kappa shape index (κ2) is 5.86. The zero-order valence-corrected chi connectivity index (χ0v) is 11.0. The highest BCUT2D eigenvalue weighted by Crippen LogP contribution is 2.23. The number of hydrogen-bond donors (Lipinski definition) is 1. The van der Waals surface area contributed by atoms with Gasteiger partial charge in [-0.1, -0.05) is 0 Å². The fourth-order valence-electron chi connectivity index (χ4n) is 1.93. The van der Waals surface area contributed by atoms with Crippen LogP contribution in [0.4, 0.5) is 13.2 Å². The van der Waals surface area contributed by atoms with E-state index in [1.54, 1.807) is 6.92 Å². The van der Waals surface area contributed by atoms with Crippen molar-refractivity contribution in [2.75, 3.05) is 0 Å². The minimum atomic E-state index is -3.07. The van der Waals surface area contributed by atoms with Crippen molar-refractivity contribution in [3.05, 3.63) is 47.3 Å². The molecular formula is C13H12F3N3O2. The van der Waals surface area contributed by atoms with Gasteiger partial charge in [0.2, 0.25) is 5.95 Å². The summed E-state index contributed by atoms with van der Waals surface area (Å²) in [7, 11) is 0. The molecule has 0 atom stereocenters. The van der Waals surface area contributed by atoms with Crippen LogP contribution in [0, 0.1) is 12.9 Å². The largest absolute Gasteiger partial charge is 0.432 e. The molecule has 0 saturated carbocycles. The van der Waals surface area contributed by atoms with Crippen LogP contribution in [0.3, 0.4) is 0 Å². The monoisotopic (exact) mass is 299 g/mol. The number of carbonyl (C=O) groups excluding carboxylic acids is 1. The summed E-state index contributed by atoms with van der Waals surface area (Å²) in [5.74, 6) is -1.90. The molecule has 0 bridgehead atoms. The Hall–Kier alpha value is -2.51. The summed E-state index contributed by atoms with van der Waals surface area (Å²) in [5, 5.41) is 0. The van der Waals surface area contributed by atoms with Gasteiger partial charge < -0.3 is 15.0 Å². The lowest BCUT2D eigenvalue weighted by atomic mass is 10.1. The third-order valence-corrected chi connectivity index (χ3v) is 2.90. The van der Waals surface area contributed by atoms with Crippen molar-refractivity contribution >= 4 is 5.91 Å². The Bertz CT molecular complexity index is 671. The molecule has 1 amide bonds. The van der Waals surface area contributed by atoms with Gasteiger partial charge >= 0.3 is 6.61 Å². The average Bonchev–Trinajstić information content (AvgIpc) is 2.76. The van der Waals surface area contributed by atoms with Crippen molar-refractivity contribution in [2.45, 2.75) is 20.1 Å². The minimum Gasteiger partial charge on any atom is -0.432 e. The number of nitrogens with two attached hydrogens (primary N) is 1. The van der Waals surface area contributed by atoms with E-state index in [2.05, 4.69) is 9.72 Å². The van der Waals surface area contributed by atoms with Crippen molar-refractivity contribution in [3.63, 3.8) is 0 Å². The maximum Gasteiger partial charge on any atom is 0.387 e. The maximum absolute atomic E-state index is 13.2. The number of aromatic nitrogens is 2. The zero-order valence-electron chi connectivity index (χ0n) is 11.0. The van der Waals surface area contributed by atoms with Crippen molar-refractivity contribution in [2.24, 2.45) is 5.73 Å². The summed E-state index contributed by atoms with van der Waals surface area (Å²) < 4.78 is 43.3. The molecule has 0 spiro atoms. The van der Waals surface area contributed by atoms with Crippen LogP contribution < -0.4 is 10.5 Å². The van der Waals surface area contributed by atoms with Crippen LogP contribution in [0.25, 0.3) is 0 Å². The molecule has 5 nitrogen and oxygen atoms in total. The summed E-state index contributed by atoms with van der Waals surface area (Å²) in [5.41, 5.74) is 6.22. The van der Waals surface area contributed by atoms with Gasteiger partial charge in [0.15, 0.2) is 5.75 Å². The molecule has 2 rings (SSSR count). The van der Waals surface area contributed by atoms with Crippen LogP contribution in [0.2, 0.25) is 0 Å². The van der Waals surface area contributed by atoms with Crippen molar-refractivity contribution in [3.8, 4) is 5.75 Å². The van der Waals surface area contributed by atoms with E-state index in [1.807, 2.05) is 0 Å². The van der Waals surface area contributed by atoms with Crippen LogP contribution in [0.5, 0.6) is 5.75 Å². The normalized spacial score (nSPS) is 10.9. The molecule has 112 valence electrons. The van der Waals surface area contributed by atoms with E-state index in [1.165, 1.54) is 29.1 Å². The predicted octanol–water partition coefficient (Wildman–Crippen LogP) is 2.08. The van der Waals surface area contributed by atoms with Gasteiger partial charge in [-0.05, 0) is 30.2 Å². The van der Waals surface area contributed by atoms with Crippen LogP contribution in [-0.2, 0) is 6.54 Å². The zero-order chi connectivity index (χ0) is 15.6. The molecule has 0 fully saturated rings. The summed E-state index contributed by atoms with van der Waals surface area (Å²) in [6, 6.07) is 2.41. The first kappa shape index (κ1) is 14.9. The Balaban J connectivity index is 2.38. The first-order chi connectivity index (χ1) is 9.88. The van der Waals surface area contributed by atoms with Gasteiger partial charge in [0.05, 0.1) is 0 Å². The second-order valence-electron chi connectivity index (χ2n) is 4.33. The van der Waals surface area contributed by atoms with E-state index in [4.69, 9.17) is 5.73 Å². The molecule has 21 heavy (non-hydrogen) atoms. The summed E-state index contributed by atoms with van der Waals surface area (Å²) in [6.45, 7) is -1.28. The molecule has 0 aromatic carbocycles. The molecule has 0 aliphatic rings. The number of aryl methyl sites for hydroxylation is 1. The first-order valence-electron chi connectivity index (χ1n) is 5.93. The molecule has 0 unspecified atom stereocenters. The molecule has 2 aromatic rings. The highest BCUT2D eigenvalue weighted by Gasteiger charge is 2.19. The molecule has 2 N–H and O–H groups in total. The van der Waals surface area contributed by atoms with Gasteiger partial charge in [-0.25, -0.2) is 4.98 Å². The molecule has 0 radical (unpaired) electrons. The summed E-state index contributed by atoms with van der Waals surface area (Å²) >= 11 is 0. The SMILES string of the molecule is Cc1cnc(F)cc1Cn1ccc(OC(F)F)c1C(N)=O. The third kappa shape index (κ3) is 3.33. The van der Waals surface area contributed by atoms with E-state index in [0.717, 1.165) is 0 Å². The van der Waals surface area contributed by atoms with Gasteiger partial charge in [0, 0.05) is 18.9 Å². The van der Waals surface area contributed by atoms with Crippen molar-refractivity contribution in [1.29, 1.82) is 0 Å². The number of halogens is 3. The lowest BCUT2D eigenvalue weighted by Crippen LogP contribution is -2.19. The van der Waals surface area contributed by atoms with Gasteiger partial charge in [0.25, 0.3) is 5.91 Å². The third-order valence-electron chi connectivity index (χ3n) is 2.90. The molecular weight excluding hydrogens is 287 g/mol. The summed E-state index contributed by atoms with van der Waals surface area (Å²) in [4.78, 5) is 14.9. The van der Waals surface area contributed by atoms with E-state index >= 15 is 0 Å². The van der Waals surface area contributed by atoms with Crippen molar-refractivity contribution in [1.82, 2.24) is 9.55 Å². The topological polar surface area (TPSA) is 70.1 Å².